The molecule has 0 bridgehead atoms. The van der Waals surface area contributed by atoms with Gasteiger partial charge in [0.2, 0.25) is 5.88 Å². The zero-order valence-electron chi connectivity index (χ0n) is 18.5. The fourth-order valence-electron chi connectivity index (χ4n) is 4.75. The van der Waals surface area contributed by atoms with Gasteiger partial charge in [-0.1, -0.05) is 6.92 Å². The van der Waals surface area contributed by atoms with Gasteiger partial charge in [-0.15, -0.1) is 0 Å². The van der Waals surface area contributed by atoms with Crippen LogP contribution < -0.4 is 19.3 Å². The summed E-state index contributed by atoms with van der Waals surface area (Å²) >= 11 is 0. The maximum absolute atomic E-state index is 14.2. The minimum Gasteiger partial charge on any atom is -0.490 e. The molecule has 0 spiro atoms. The Bertz CT molecular complexity index is 931. The molecule has 1 N–H and O–H groups in total. The zero-order chi connectivity index (χ0) is 22.7. The molecule has 0 saturated carbocycles. The van der Waals surface area contributed by atoms with Crippen LogP contribution in [0.25, 0.3) is 0 Å². The van der Waals surface area contributed by atoms with Crippen LogP contribution in [0.4, 0.5) is 15.8 Å². The molecule has 0 unspecified atom stereocenters. The Balaban J connectivity index is 1.33. The van der Waals surface area contributed by atoms with E-state index in [1.54, 1.807) is 6.07 Å². The quantitative estimate of drug-likeness (QED) is 0.694. The molecule has 2 atom stereocenters. The number of pyridine rings is 1. The lowest BCUT2D eigenvalue weighted by atomic mass is 10.1. The number of hydrogen-bond donors (Lipinski definition) is 1. The number of carboxylic acids is 1. The third-order valence-electron chi connectivity index (χ3n) is 6.31. The van der Waals surface area contributed by atoms with Crippen molar-refractivity contribution in [2.45, 2.75) is 44.8 Å². The summed E-state index contributed by atoms with van der Waals surface area (Å²) in [6, 6.07) is 9.59. The molecule has 2 aliphatic heterocycles. The Morgan fingerprint density at radius 2 is 1.97 bits per heavy atom. The van der Waals surface area contributed by atoms with Gasteiger partial charge in [-0.2, -0.15) is 0 Å². The number of halogens is 1. The molecule has 0 amide bonds. The van der Waals surface area contributed by atoms with Crippen molar-refractivity contribution >= 4 is 17.3 Å². The van der Waals surface area contributed by atoms with E-state index in [1.807, 2.05) is 29.2 Å². The van der Waals surface area contributed by atoms with Crippen LogP contribution in [0.5, 0.6) is 11.6 Å². The van der Waals surface area contributed by atoms with Gasteiger partial charge >= 0.3 is 5.97 Å². The monoisotopic (exact) mass is 443 g/mol. The van der Waals surface area contributed by atoms with E-state index < -0.39 is 5.97 Å². The second-order valence-corrected chi connectivity index (χ2v) is 8.72. The highest BCUT2D eigenvalue weighted by atomic mass is 19.1. The highest BCUT2D eigenvalue weighted by molar-refractivity contribution is 5.69. The van der Waals surface area contributed by atoms with Crippen LogP contribution in [0.3, 0.4) is 0 Å². The van der Waals surface area contributed by atoms with Gasteiger partial charge in [0, 0.05) is 50.3 Å². The summed E-state index contributed by atoms with van der Waals surface area (Å²) in [4.78, 5) is 19.3. The van der Waals surface area contributed by atoms with Gasteiger partial charge in [0.1, 0.15) is 11.9 Å². The number of ether oxygens (including phenoxy) is 2. The van der Waals surface area contributed by atoms with Gasteiger partial charge in [0.05, 0.1) is 25.4 Å². The third kappa shape index (κ3) is 5.06. The largest absolute Gasteiger partial charge is 0.490 e. The minimum atomic E-state index is -0.759. The van der Waals surface area contributed by atoms with Crippen LogP contribution >= 0.6 is 0 Å². The van der Waals surface area contributed by atoms with E-state index in [0.717, 1.165) is 37.2 Å². The molecule has 0 radical (unpaired) electrons. The van der Waals surface area contributed by atoms with Crippen LogP contribution in [0.1, 0.15) is 32.6 Å². The summed E-state index contributed by atoms with van der Waals surface area (Å²) in [5, 5.41) is 9.20. The standard InChI is InChI=1S/C24H30FN3O4/c1-16-11-18(12-24(29)30)28(15-16)17-3-5-19(6-4-17)32-20-7-9-27(10-8-20)22-13-23(31-2)26-14-21(22)25/h3-6,13-14,16,18,20H,7-12,15H2,1-2H3,(H,29,30)/t16-,18-/m1/s1. The second kappa shape index (κ2) is 9.63. The first kappa shape index (κ1) is 22.2. The van der Waals surface area contributed by atoms with Gasteiger partial charge in [0.25, 0.3) is 0 Å². The van der Waals surface area contributed by atoms with Crippen LogP contribution in [-0.4, -0.2) is 54.9 Å². The summed E-state index contributed by atoms with van der Waals surface area (Å²) in [7, 11) is 1.52. The molecule has 8 heteroatoms. The van der Waals surface area contributed by atoms with E-state index in [1.165, 1.54) is 13.3 Å². The summed E-state index contributed by atoms with van der Waals surface area (Å²) in [6.45, 7) is 4.41. The van der Waals surface area contributed by atoms with E-state index in [4.69, 9.17) is 9.47 Å². The first-order chi connectivity index (χ1) is 15.4. The van der Waals surface area contributed by atoms with Crippen LogP contribution in [0, 0.1) is 11.7 Å². The number of rotatable bonds is 7. The molecule has 2 aliphatic rings. The summed E-state index contributed by atoms with van der Waals surface area (Å²) in [5.41, 5.74) is 1.54. The number of anilines is 2. The molecule has 172 valence electrons. The number of carbonyl (C=O) groups is 1. The second-order valence-electron chi connectivity index (χ2n) is 8.72. The number of benzene rings is 1. The van der Waals surface area contributed by atoms with E-state index in [0.29, 0.717) is 30.6 Å². The molecular formula is C24H30FN3O4. The van der Waals surface area contributed by atoms with E-state index in [9.17, 15) is 14.3 Å². The Kier molecular flexibility index (Phi) is 6.67. The molecule has 2 saturated heterocycles. The predicted molar refractivity (Wildman–Crippen MR) is 120 cm³/mol. The van der Waals surface area contributed by atoms with E-state index >= 15 is 0 Å². The number of methoxy groups -OCH3 is 1. The lowest BCUT2D eigenvalue weighted by molar-refractivity contribution is -0.137. The number of nitrogens with zero attached hydrogens (tertiary/aromatic N) is 3. The van der Waals surface area contributed by atoms with Crippen molar-refractivity contribution < 1.29 is 23.8 Å². The molecule has 32 heavy (non-hydrogen) atoms. The topological polar surface area (TPSA) is 75.1 Å². The van der Waals surface area contributed by atoms with Gasteiger partial charge < -0.3 is 24.4 Å². The van der Waals surface area contributed by atoms with Crippen molar-refractivity contribution in [1.29, 1.82) is 0 Å². The molecular weight excluding hydrogens is 413 g/mol. The Hall–Kier alpha value is -3.03. The van der Waals surface area contributed by atoms with Crippen LogP contribution in [-0.2, 0) is 4.79 Å². The van der Waals surface area contributed by atoms with E-state index in [2.05, 4.69) is 16.8 Å². The van der Waals surface area contributed by atoms with Crippen molar-refractivity contribution in [1.82, 2.24) is 4.98 Å². The van der Waals surface area contributed by atoms with Gasteiger partial charge in [0.15, 0.2) is 5.82 Å². The predicted octanol–water partition coefficient (Wildman–Crippen LogP) is 3.97. The Labute approximate surface area is 187 Å². The van der Waals surface area contributed by atoms with Crippen molar-refractivity contribution in [3.63, 3.8) is 0 Å². The number of hydrogen-bond acceptors (Lipinski definition) is 6. The maximum Gasteiger partial charge on any atom is 0.305 e. The fourth-order valence-corrected chi connectivity index (χ4v) is 4.75. The summed E-state index contributed by atoms with van der Waals surface area (Å²) in [6.07, 6.45) is 3.89. The fraction of sp³-hybridized carbons (Fsp3) is 0.500. The van der Waals surface area contributed by atoms with Crippen molar-refractivity contribution in [3.8, 4) is 11.6 Å². The molecule has 1 aromatic carbocycles. The third-order valence-corrected chi connectivity index (χ3v) is 6.31. The molecule has 3 heterocycles. The van der Waals surface area contributed by atoms with Crippen LogP contribution in [0.15, 0.2) is 36.5 Å². The lowest BCUT2D eigenvalue weighted by Gasteiger charge is -2.34. The molecule has 2 aromatic rings. The highest BCUT2D eigenvalue weighted by Gasteiger charge is 2.31. The first-order valence-electron chi connectivity index (χ1n) is 11.1. The van der Waals surface area contributed by atoms with Crippen molar-refractivity contribution in [2.24, 2.45) is 5.92 Å². The van der Waals surface area contributed by atoms with Crippen molar-refractivity contribution in [3.05, 3.63) is 42.3 Å². The average Bonchev–Trinajstić information content (AvgIpc) is 3.14. The van der Waals surface area contributed by atoms with Gasteiger partial charge in [-0.25, -0.2) is 9.37 Å². The minimum absolute atomic E-state index is 0.0332. The molecule has 4 rings (SSSR count). The Morgan fingerprint density at radius 3 is 2.62 bits per heavy atom. The average molecular weight is 444 g/mol. The first-order valence-corrected chi connectivity index (χ1v) is 11.1. The number of aliphatic carboxylic acids is 1. The summed E-state index contributed by atoms with van der Waals surface area (Å²) < 4.78 is 25.5. The van der Waals surface area contributed by atoms with Crippen molar-refractivity contribution in [2.75, 3.05) is 36.5 Å². The number of aromatic nitrogens is 1. The number of carboxylic acid groups (broad SMARTS) is 1. The van der Waals surface area contributed by atoms with Crippen LogP contribution in [0.2, 0.25) is 0 Å². The molecule has 7 nitrogen and oxygen atoms in total. The Morgan fingerprint density at radius 1 is 1.25 bits per heavy atom. The molecule has 0 aliphatic carbocycles. The smallest absolute Gasteiger partial charge is 0.305 e. The van der Waals surface area contributed by atoms with E-state index in [-0.39, 0.29) is 24.4 Å². The molecule has 1 aromatic heterocycles. The van der Waals surface area contributed by atoms with Gasteiger partial charge in [-0.05, 0) is 36.6 Å². The lowest BCUT2D eigenvalue weighted by Crippen LogP contribution is -2.38. The van der Waals surface area contributed by atoms with Gasteiger partial charge in [-0.3, -0.25) is 4.79 Å². The zero-order valence-corrected chi connectivity index (χ0v) is 18.5. The summed E-state index contributed by atoms with van der Waals surface area (Å²) in [5.74, 6) is 0.568. The maximum atomic E-state index is 14.2. The molecule has 2 fully saturated rings. The normalized spacial score (nSPS) is 21.6. The highest BCUT2D eigenvalue weighted by Crippen LogP contribution is 2.32. The SMILES string of the molecule is COc1cc(N2CCC(Oc3ccc(N4C[C@H](C)C[C@@H]4CC(=O)O)cc3)CC2)c(F)cn1. The number of piperidine rings is 1.